The van der Waals surface area contributed by atoms with Crippen molar-refractivity contribution in [2.75, 3.05) is 31.8 Å². The van der Waals surface area contributed by atoms with Crippen molar-refractivity contribution in [2.45, 2.75) is 32.5 Å². The smallest absolute Gasteiger partial charge is 0.310 e. The number of benzene rings is 3. The maximum Gasteiger partial charge on any atom is 0.310 e. The molecule has 2 amide bonds. The van der Waals surface area contributed by atoms with Gasteiger partial charge in [0.2, 0.25) is 6.79 Å². The third-order valence-electron chi connectivity index (χ3n) is 7.61. The van der Waals surface area contributed by atoms with Crippen LogP contribution in [0.25, 0.3) is 0 Å². The molecule has 0 aromatic heterocycles. The second kappa shape index (κ2) is 10.9. The number of hydrogen-bond donors (Lipinski definition) is 1. The van der Waals surface area contributed by atoms with E-state index in [2.05, 4.69) is 5.32 Å². The number of anilines is 1. The Balaban J connectivity index is 1.18. The fourth-order valence-corrected chi connectivity index (χ4v) is 5.59. The van der Waals surface area contributed by atoms with Crippen LogP contribution in [0.4, 0.5) is 5.69 Å². The van der Waals surface area contributed by atoms with E-state index in [4.69, 9.17) is 14.2 Å². The van der Waals surface area contributed by atoms with E-state index < -0.39 is 0 Å². The molecular weight excluding hydrogens is 510 g/mol. The molecule has 1 N–H and O–H groups in total. The highest BCUT2D eigenvalue weighted by atomic mass is 16.7. The number of carbonyl (C=O) groups excluding carboxylic acids is 3. The van der Waals surface area contributed by atoms with Gasteiger partial charge >= 0.3 is 5.97 Å². The first kappa shape index (κ1) is 25.7. The van der Waals surface area contributed by atoms with Crippen molar-refractivity contribution in [1.29, 1.82) is 0 Å². The Morgan fingerprint density at radius 2 is 1.82 bits per heavy atom. The first-order valence-corrected chi connectivity index (χ1v) is 13.6. The maximum absolute atomic E-state index is 13.4. The molecule has 9 nitrogen and oxygen atoms in total. The molecule has 2 unspecified atom stereocenters. The lowest BCUT2D eigenvalue weighted by Gasteiger charge is -2.31. The average molecular weight is 542 g/mol. The lowest BCUT2D eigenvalue weighted by atomic mass is 9.97. The summed E-state index contributed by atoms with van der Waals surface area (Å²) < 4.78 is 16.1. The van der Waals surface area contributed by atoms with E-state index in [1.165, 1.54) is 0 Å². The normalized spacial score (nSPS) is 19.4. The van der Waals surface area contributed by atoms with E-state index in [0.717, 1.165) is 29.7 Å². The first-order valence-electron chi connectivity index (χ1n) is 13.6. The van der Waals surface area contributed by atoms with Gasteiger partial charge in [-0.25, -0.2) is 0 Å². The molecule has 3 aliphatic rings. The second-order valence-electron chi connectivity index (χ2n) is 10.2. The minimum Gasteiger partial charge on any atom is -0.466 e. The van der Waals surface area contributed by atoms with Gasteiger partial charge in [-0.1, -0.05) is 24.3 Å². The van der Waals surface area contributed by atoms with Gasteiger partial charge in [-0.2, -0.15) is 0 Å². The number of carbonyl (C=O) groups is 3. The molecule has 206 valence electrons. The van der Waals surface area contributed by atoms with Crippen LogP contribution in [0.1, 0.15) is 57.8 Å². The third kappa shape index (κ3) is 4.95. The Morgan fingerprint density at radius 3 is 2.65 bits per heavy atom. The van der Waals surface area contributed by atoms with Crippen LogP contribution < -0.4 is 14.8 Å². The van der Waals surface area contributed by atoms with Gasteiger partial charge in [0.15, 0.2) is 11.5 Å². The lowest BCUT2D eigenvalue weighted by molar-refractivity contribution is -0.149. The number of ether oxygens (including phenoxy) is 3. The number of esters is 1. The van der Waals surface area contributed by atoms with Crippen molar-refractivity contribution >= 4 is 23.5 Å². The molecule has 2 atom stereocenters. The Bertz CT molecular complexity index is 1440. The highest BCUT2D eigenvalue weighted by Crippen LogP contribution is 2.38. The topological polar surface area (TPSA) is 97.4 Å². The molecule has 3 aromatic rings. The summed E-state index contributed by atoms with van der Waals surface area (Å²) in [6.07, 6.45) is 1.11. The van der Waals surface area contributed by atoms with Crippen molar-refractivity contribution in [3.8, 4) is 11.5 Å². The Labute approximate surface area is 232 Å². The van der Waals surface area contributed by atoms with Gasteiger partial charge in [0.25, 0.3) is 11.8 Å². The average Bonchev–Trinajstić information content (AvgIpc) is 3.56. The van der Waals surface area contributed by atoms with Crippen molar-refractivity contribution in [3.63, 3.8) is 0 Å². The summed E-state index contributed by atoms with van der Waals surface area (Å²) in [5, 5.41) is 3.49. The molecule has 1 saturated heterocycles. The van der Waals surface area contributed by atoms with Gasteiger partial charge in [0.1, 0.15) is 6.17 Å². The Hall–Kier alpha value is -4.53. The molecule has 1 fully saturated rings. The minimum atomic E-state index is -0.386. The first-order chi connectivity index (χ1) is 19.5. The quantitative estimate of drug-likeness (QED) is 0.437. The van der Waals surface area contributed by atoms with Crippen molar-refractivity contribution in [3.05, 3.63) is 89.0 Å². The van der Waals surface area contributed by atoms with Gasteiger partial charge in [-0.05, 0) is 67.8 Å². The summed E-state index contributed by atoms with van der Waals surface area (Å²) in [5.41, 5.74) is 3.82. The van der Waals surface area contributed by atoms with Crippen molar-refractivity contribution in [2.24, 2.45) is 5.92 Å². The number of amides is 2. The summed E-state index contributed by atoms with van der Waals surface area (Å²) in [7, 11) is 0. The third-order valence-corrected chi connectivity index (χ3v) is 7.61. The molecule has 40 heavy (non-hydrogen) atoms. The Kier molecular flexibility index (Phi) is 7.02. The summed E-state index contributed by atoms with van der Waals surface area (Å²) >= 11 is 0. The zero-order valence-electron chi connectivity index (χ0n) is 22.3. The van der Waals surface area contributed by atoms with E-state index in [1.54, 1.807) is 28.9 Å². The van der Waals surface area contributed by atoms with E-state index in [1.807, 2.05) is 54.6 Å². The van der Waals surface area contributed by atoms with Crippen LogP contribution in [0, 0.1) is 5.92 Å². The predicted molar refractivity (Wildman–Crippen MR) is 147 cm³/mol. The second-order valence-corrected chi connectivity index (χ2v) is 10.2. The van der Waals surface area contributed by atoms with Crippen LogP contribution in [0.15, 0.2) is 66.7 Å². The number of hydrogen-bond acceptors (Lipinski definition) is 7. The lowest BCUT2D eigenvalue weighted by Crippen LogP contribution is -2.42. The van der Waals surface area contributed by atoms with Gasteiger partial charge in [-0.15, -0.1) is 0 Å². The molecule has 3 heterocycles. The van der Waals surface area contributed by atoms with E-state index >= 15 is 0 Å². The zero-order chi connectivity index (χ0) is 27.6. The molecule has 0 aliphatic carbocycles. The van der Waals surface area contributed by atoms with Gasteiger partial charge in [0.05, 0.1) is 12.5 Å². The van der Waals surface area contributed by atoms with Gasteiger partial charge < -0.3 is 29.3 Å². The SMILES string of the molecule is CCOC(=O)C1CCCN(C(=O)c2ccc(NC3c4ccccc4C(=O)N3Cc3ccc4c(c3)OCO4)cc2)C1. The van der Waals surface area contributed by atoms with Crippen LogP contribution in [-0.2, 0) is 16.1 Å². The summed E-state index contributed by atoms with van der Waals surface area (Å²) in [6.45, 7) is 3.69. The van der Waals surface area contributed by atoms with Crippen LogP contribution in [0.3, 0.4) is 0 Å². The molecule has 3 aromatic carbocycles. The van der Waals surface area contributed by atoms with Crippen LogP contribution in [0.2, 0.25) is 0 Å². The van der Waals surface area contributed by atoms with Crippen LogP contribution in [0.5, 0.6) is 11.5 Å². The molecular formula is C31H31N3O6. The van der Waals surface area contributed by atoms with Crippen molar-refractivity contribution in [1.82, 2.24) is 9.80 Å². The standard InChI is InChI=1S/C31H31N3O6/c1-2-38-31(37)22-6-5-15-33(18-22)29(35)21-10-12-23(13-11-21)32-28-24-7-3-4-8-25(24)30(36)34(28)17-20-9-14-26-27(16-20)40-19-39-26/h3-4,7-14,16,22,28,32H,2,5-6,15,17-19H2,1H3. The zero-order valence-corrected chi connectivity index (χ0v) is 22.3. The molecule has 0 spiro atoms. The van der Waals surface area contributed by atoms with Crippen LogP contribution in [-0.4, -0.2) is 54.1 Å². The number of rotatable bonds is 7. The molecule has 9 heteroatoms. The fourth-order valence-electron chi connectivity index (χ4n) is 5.59. The van der Waals surface area contributed by atoms with Gasteiger partial charge in [-0.3, -0.25) is 14.4 Å². The largest absolute Gasteiger partial charge is 0.466 e. The number of piperidine rings is 1. The predicted octanol–water partition coefficient (Wildman–Crippen LogP) is 4.60. The summed E-state index contributed by atoms with van der Waals surface area (Å²) in [5.74, 6) is 0.689. The van der Waals surface area contributed by atoms with Crippen LogP contribution >= 0.6 is 0 Å². The molecule has 6 rings (SSSR count). The molecule has 0 saturated carbocycles. The highest BCUT2D eigenvalue weighted by molar-refractivity contribution is 5.99. The fraction of sp³-hybridized carbons (Fsp3) is 0.323. The monoisotopic (exact) mass is 541 g/mol. The van der Waals surface area contributed by atoms with Crippen molar-refractivity contribution < 1.29 is 28.6 Å². The van der Waals surface area contributed by atoms with E-state index in [0.29, 0.717) is 48.9 Å². The molecule has 0 bridgehead atoms. The maximum atomic E-state index is 13.4. The van der Waals surface area contributed by atoms with E-state index in [9.17, 15) is 14.4 Å². The number of nitrogens with one attached hydrogen (secondary N) is 1. The molecule has 0 radical (unpaired) electrons. The number of likely N-dealkylation sites (tertiary alicyclic amines) is 1. The van der Waals surface area contributed by atoms with Gasteiger partial charge in [0, 0.05) is 42.0 Å². The van der Waals surface area contributed by atoms with E-state index in [-0.39, 0.29) is 36.7 Å². The molecule has 3 aliphatic heterocycles. The number of nitrogens with zero attached hydrogens (tertiary/aromatic N) is 2. The summed E-state index contributed by atoms with van der Waals surface area (Å²) in [4.78, 5) is 42.4. The Morgan fingerprint density at radius 1 is 1.02 bits per heavy atom. The summed E-state index contributed by atoms with van der Waals surface area (Å²) in [6, 6.07) is 20.6. The minimum absolute atomic E-state index is 0.0567. The number of fused-ring (bicyclic) bond motifs is 2. The highest BCUT2D eigenvalue weighted by Gasteiger charge is 2.37.